The molecule has 0 spiro atoms. The summed E-state index contributed by atoms with van der Waals surface area (Å²) in [4.78, 5) is 0. The van der Waals surface area contributed by atoms with Crippen LogP contribution >= 0.6 is 0 Å². The predicted molar refractivity (Wildman–Crippen MR) is 148 cm³/mol. The number of unbranched alkanes of at least 4 members (excludes halogenated alkanes) is 2. The number of rotatable bonds is 13. The largest absolute Gasteiger partial charge is 0.435 e. The van der Waals surface area contributed by atoms with E-state index in [2.05, 4.69) is 11.7 Å². The molecule has 0 bridgehead atoms. The molecular weight excluding hydrogens is 504 g/mol. The third-order valence-corrected chi connectivity index (χ3v) is 9.03. The van der Waals surface area contributed by atoms with Gasteiger partial charge in [0, 0.05) is 0 Å². The van der Waals surface area contributed by atoms with Crippen LogP contribution in [0.3, 0.4) is 0 Å². The fraction of sp³-hybridized carbons (Fsp3) is 0.636. The molecule has 0 heterocycles. The first-order chi connectivity index (χ1) is 18.8. The van der Waals surface area contributed by atoms with Crippen LogP contribution in [0.25, 0.3) is 0 Å². The SMILES string of the molecule is CCCCC[C@H]1CC[C@H](CC[C@H]2CC[C@H](c3ccc(C(F)(F)Oc4ccc(OC(F)F)cc4)cc3)CC2)CC1. The zero-order chi connectivity index (χ0) is 27.7. The maximum atomic E-state index is 14.7. The van der Waals surface area contributed by atoms with Crippen molar-refractivity contribution in [1.29, 1.82) is 0 Å². The van der Waals surface area contributed by atoms with E-state index in [0.29, 0.717) is 5.92 Å². The fourth-order valence-electron chi connectivity index (χ4n) is 6.59. The highest BCUT2D eigenvalue weighted by Crippen LogP contribution is 2.41. The Bertz CT molecular complexity index is 960. The molecule has 2 aromatic carbocycles. The van der Waals surface area contributed by atoms with Gasteiger partial charge in [-0.3, -0.25) is 0 Å². The van der Waals surface area contributed by atoms with Gasteiger partial charge in [0.1, 0.15) is 11.5 Å². The van der Waals surface area contributed by atoms with Crippen LogP contribution < -0.4 is 9.47 Å². The average Bonchev–Trinajstić information content (AvgIpc) is 2.94. The number of benzene rings is 2. The van der Waals surface area contributed by atoms with E-state index < -0.39 is 12.7 Å². The van der Waals surface area contributed by atoms with Gasteiger partial charge >= 0.3 is 12.7 Å². The lowest BCUT2D eigenvalue weighted by Gasteiger charge is -2.32. The summed E-state index contributed by atoms with van der Waals surface area (Å²) in [6.45, 7) is -0.690. The Kier molecular flexibility index (Phi) is 11.0. The van der Waals surface area contributed by atoms with E-state index in [1.807, 2.05) is 0 Å². The van der Waals surface area contributed by atoms with Gasteiger partial charge in [-0.25, -0.2) is 0 Å². The number of alkyl halides is 4. The van der Waals surface area contributed by atoms with Crippen LogP contribution in [0.15, 0.2) is 48.5 Å². The molecule has 0 aliphatic heterocycles. The Morgan fingerprint density at radius 3 is 1.74 bits per heavy atom. The van der Waals surface area contributed by atoms with Gasteiger partial charge in [0.15, 0.2) is 0 Å². The smallest absolute Gasteiger partial charge is 0.426 e. The van der Waals surface area contributed by atoms with Gasteiger partial charge in [0.25, 0.3) is 0 Å². The molecule has 216 valence electrons. The Hall–Kier alpha value is -2.24. The van der Waals surface area contributed by atoms with E-state index >= 15 is 0 Å². The molecule has 2 fully saturated rings. The molecular formula is C33H44F4O2. The highest BCUT2D eigenvalue weighted by molar-refractivity contribution is 5.33. The van der Waals surface area contributed by atoms with Gasteiger partial charge in [0.2, 0.25) is 0 Å². The minimum Gasteiger partial charge on any atom is -0.435 e. The average molecular weight is 549 g/mol. The molecule has 0 N–H and O–H groups in total. The van der Waals surface area contributed by atoms with Crippen molar-refractivity contribution in [2.24, 2.45) is 17.8 Å². The molecule has 2 nitrogen and oxygen atoms in total. The van der Waals surface area contributed by atoms with Crippen molar-refractivity contribution in [2.75, 3.05) is 0 Å². The first-order valence-corrected chi connectivity index (χ1v) is 15.0. The highest BCUT2D eigenvalue weighted by Gasteiger charge is 2.35. The van der Waals surface area contributed by atoms with Crippen molar-refractivity contribution in [3.8, 4) is 11.5 Å². The molecule has 0 unspecified atom stereocenters. The first kappa shape index (κ1) is 29.7. The zero-order valence-electron chi connectivity index (χ0n) is 23.2. The van der Waals surface area contributed by atoms with Crippen molar-refractivity contribution >= 4 is 0 Å². The van der Waals surface area contributed by atoms with E-state index in [4.69, 9.17) is 4.74 Å². The van der Waals surface area contributed by atoms with Gasteiger partial charge in [-0.05, 0) is 91.3 Å². The number of hydrogen-bond acceptors (Lipinski definition) is 2. The topological polar surface area (TPSA) is 18.5 Å². The molecule has 0 amide bonds. The van der Waals surface area contributed by atoms with Crippen molar-refractivity contribution < 1.29 is 27.0 Å². The molecule has 4 rings (SSSR count). The Morgan fingerprint density at radius 2 is 1.21 bits per heavy atom. The second kappa shape index (κ2) is 14.4. The number of ether oxygens (including phenoxy) is 2. The second-order valence-electron chi connectivity index (χ2n) is 11.8. The lowest BCUT2D eigenvalue weighted by atomic mass is 9.74. The standard InChI is InChI=1S/C33H44F4O2/c1-2-3-4-5-24-6-8-25(9-7-24)10-11-26-12-14-27(15-13-26)28-16-18-29(19-17-28)33(36,37)39-31-22-20-30(21-23-31)38-32(34)35/h16-27,32H,2-15H2,1H3/t24-,25-,26-,27-. The van der Waals surface area contributed by atoms with Crippen molar-refractivity contribution in [3.63, 3.8) is 0 Å². The van der Waals surface area contributed by atoms with Crippen LogP contribution in [0.1, 0.15) is 114 Å². The minimum atomic E-state index is -3.53. The van der Waals surface area contributed by atoms with Gasteiger partial charge in [0.05, 0.1) is 5.56 Å². The molecule has 0 aromatic heterocycles. The van der Waals surface area contributed by atoms with Crippen molar-refractivity contribution in [3.05, 3.63) is 59.7 Å². The molecule has 2 saturated carbocycles. The highest BCUT2D eigenvalue weighted by atomic mass is 19.3. The molecule has 0 saturated heterocycles. The van der Waals surface area contributed by atoms with E-state index in [0.717, 1.165) is 36.2 Å². The fourth-order valence-corrected chi connectivity index (χ4v) is 6.59. The van der Waals surface area contributed by atoms with Crippen LogP contribution in [0, 0.1) is 17.8 Å². The number of halogens is 4. The lowest BCUT2D eigenvalue weighted by Crippen LogP contribution is -2.22. The van der Waals surface area contributed by atoms with Gasteiger partial charge in [-0.2, -0.15) is 17.6 Å². The van der Waals surface area contributed by atoms with Crippen LogP contribution in [0.4, 0.5) is 17.6 Å². The van der Waals surface area contributed by atoms with Gasteiger partial charge in [-0.15, -0.1) is 0 Å². The van der Waals surface area contributed by atoms with Crippen LogP contribution in [-0.2, 0) is 6.11 Å². The summed E-state index contributed by atoms with van der Waals surface area (Å²) in [7, 11) is 0. The van der Waals surface area contributed by atoms with Gasteiger partial charge < -0.3 is 9.47 Å². The van der Waals surface area contributed by atoms with E-state index in [-0.39, 0.29) is 17.1 Å². The summed E-state index contributed by atoms with van der Waals surface area (Å²) in [6.07, 6.45) is 15.1. The molecule has 39 heavy (non-hydrogen) atoms. The third kappa shape index (κ3) is 9.14. The Labute approximate surface area is 231 Å². The Morgan fingerprint density at radius 1 is 0.692 bits per heavy atom. The maximum Gasteiger partial charge on any atom is 0.426 e. The summed E-state index contributed by atoms with van der Waals surface area (Å²) in [6, 6.07) is 11.2. The summed E-state index contributed by atoms with van der Waals surface area (Å²) in [5.41, 5.74) is 0.885. The van der Waals surface area contributed by atoms with Gasteiger partial charge in [-0.1, -0.05) is 83.3 Å². The third-order valence-electron chi connectivity index (χ3n) is 9.03. The number of hydrogen-bond donors (Lipinski definition) is 0. The van der Waals surface area contributed by atoms with Crippen LogP contribution in [0.2, 0.25) is 0 Å². The van der Waals surface area contributed by atoms with E-state index in [1.165, 1.54) is 113 Å². The van der Waals surface area contributed by atoms with Crippen LogP contribution in [0.5, 0.6) is 11.5 Å². The maximum absolute atomic E-state index is 14.7. The molecule has 2 aliphatic carbocycles. The molecule has 0 radical (unpaired) electrons. The molecule has 6 heteroatoms. The van der Waals surface area contributed by atoms with Crippen molar-refractivity contribution in [2.45, 2.75) is 115 Å². The zero-order valence-corrected chi connectivity index (χ0v) is 23.2. The summed E-state index contributed by atoms with van der Waals surface area (Å²) in [5.74, 6) is 2.89. The van der Waals surface area contributed by atoms with E-state index in [1.54, 1.807) is 12.1 Å². The minimum absolute atomic E-state index is 0.111. The molecule has 2 aliphatic rings. The lowest BCUT2D eigenvalue weighted by molar-refractivity contribution is -0.185. The molecule has 2 aromatic rings. The summed E-state index contributed by atoms with van der Waals surface area (Å²) < 4.78 is 63.1. The van der Waals surface area contributed by atoms with Crippen molar-refractivity contribution in [1.82, 2.24) is 0 Å². The quantitative estimate of drug-likeness (QED) is 0.183. The summed E-state index contributed by atoms with van der Waals surface area (Å²) in [5, 5.41) is 0. The second-order valence-corrected chi connectivity index (χ2v) is 11.8. The monoisotopic (exact) mass is 548 g/mol. The Balaban J connectivity index is 1.18. The van der Waals surface area contributed by atoms with E-state index in [9.17, 15) is 17.6 Å². The predicted octanol–water partition coefficient (Wildman–Crippen LogP) is 10.9. The summed E-state index contributed by atoms with van der Waals surface area (Å²) >= 11 is 0. The molecule has 0 atom stereocenters. The normalized spacial score (nSPS) is 24.1. The van der Waals surface area contributed by atoms with Crippen LogP contribution in [-0.4, -0.2) is 6.61 Å². The first-order valence-electron chi connectivity index (χ1n) is 15.0.